The van der Waals surface area contributed by atoms with Crippen molar-refractivity contribution in [3.05, 3.63) is 54.1 Å². The average Bonchev–Trinajstić information content (AvgIpc) is 3.14. The summed E-state index contributed by atoms with van der Waals surface area (Å²) in [7, 11) is 0. The van der Waals surface area contributed by atoms with Gasteiger partial charge in [0, 0.05) is 23.2 Å². The van der Waals surface area contributed by atoms with Crippen molar-refractivity contribution in [2.24, 2.45) is 0 Å². The van der Waals surface area contributed by atoms with Gasteiger partial charge < -0.3 is 10.3 Å². The van der Waals surface area contributed by atoms with E-state index in [1.807, 2.05) is 35.3 Å². The zero-order chi connectivity index (χ0) is 18.2. The molecule has 0 spiro atoms. The molecule has 25 heavy (non-hydrogen) atoms. The number of rotatable bonds is 4. The molecule has 0 aliphatic heterocycles. The summed E-state index contributed by atoms with van der Waals surface area (Å²) in [6, 6.07) is 10.7. The Balaban J connectivity index is 2.08. The van der Waals surface area contributed by atoms with Crippen LogP contribution in [-0.4, -0.2) is 19.3 Å². The van der Waals surface area contributed by atoms with Crippen LogP contribution in [0, 0.1) is 0 Å². The number of nitrogens with two attached hydrogens (primary N) is 1. The molecule has 0 radical (unpaired) electrons. The maximum Gasteiger partial charge on any atom is 0.132 e. The molecule has 0 atom stereocenters. The Hall–Kier alpha value is -2.56. The van der Waals surface area contributed by atoms with E-state index < -0.39 is 0 Å². The van der Waals surface area contributed by atoms with E-state index in [4.69, 9.17) is 10.7 Å². The predicted molar refractivity (Wildman–Crippen MR) is 102 cm³/mol. The van der Waals surface area contributed by atoms with Crippen molar-refractivity contribution in [1.82, 2.24) is 19.3 Å². The molecule has 1 aromatic carbocycles. The highest BCUT2D eigenvalue weighted by Crippen LogP contribution is 2.32. The van der Waals surface area contributed by atoms with Crippen molar-refractivity contribution >= 4 is 5.82 Å². The number of benzene rings is 1. The molecular weight excluding hydrogens is 310 g/mol. The lowest BCUT2D eigenvalue weighted by Gasteiger charge is -2.20. The molecule has 0 bridgehead atoms. The number of aromatic nitrogens is 4. The fourth-order valence-electron chi connectivity index (χ4n) is 2.92. The molecule has 0 fully saturated rings. The second-order valence-corrected chi connectivity index (χ2v) is 7.79. The summed E-state index contributed by atoms with van der Waals surface area (Å²) in [5.74, 6) is 1.68. The average molecular weight is 337 g/mol. The Morgan fingerprint density at radius 2 is 1.80 bits per heavy atom. The highest BCUT2D eigenvalue weighted by molar-refractivity contribution is 5.70. The van der Waals surface area contributed by atoms with Gasteiger partial charge in [-0.1, -0.05) is 51.1 Å². The van der Waals surface area contributed by atoms with E-state index >= 15 is 0 Å². The summed E-state index contributed by atoms with van der Waals surface area (Å²) in [6.45, 7) is 11.4. The molecule has 3 aromatic rings. The molecule has 0 saturated heterocycles. The minimum absolute atomic E-state index is 0.102. The molecule has 5 heteroatoms. The van der Waals surface area contributed by atoms with Crippen LogP contribution in [0.25, 0.3) is 11.3 Å². The highest BCUT2D eigenvalue weighted by Gasteiger charge is 2.26. The molecule has 0 amide bonds. The second-order valence-electron chi connectivity index (χ2n) is 7.79. The molecule has 2 N–H and O–H groups in total. The van der Waals surface area contributed by atoms with E-state index in [-0.39, 0.29) is 5.41 Å². The molecule has 0 aliphatic carbocycles. The minimum atomic E-state index is -0.102. The van der Waals surface area contributed by atoms with Crippen LogP contribution in [0.3, 0.4) is 0 Å². The monoisotopic (exact) mass is 337 g/mol. The van der Waals surface area contributed by atoms with E-state index in [0.29, 0.717) is 18.4 Å². The third-order valence-corrected chi connectivity index (χ3v) is 4.27. The minimum Gasteiger partial charge on any atom is -0.383 e. The summed E-state index contributed by atoms with van der Waals surface area (Å²) in [5.41, 5.74) is 9.41. The summed E-state index contributed by atoms with van der Waals surface area (Å²) in [6.07, 6.45) is 3.86. The lowest BCUT2D eigenvalue weighted by atomic mass is 9.95. The van der Waals surface area contributed by atoms with Gasteiger partial charge in [0.25, 0.3) is 0 Å². The SMILES string of the molecule is CC(C)n1cc(-c2nc(C(C)(C)C)n(Cc3ccccc3)c2N)cn1. The molecule has 0 unspecified atom stereocenters. The number of hydrogen-bond donors (Lipinski definition) is 1. The van der Waals surface area contributed by atoms with Gasteiger partial charge in [0.2, 0.25) is 0 Å². The van der Waals surface area contributed by atoms with Crippen LogP contribution >= 0.6 is 0 Å². The first kappa shape index (κ1) is 17.3. The van der Waals surface area contributed by atoms with Crippen LogP contribution in [0.2, 0.25) is 0 Å². The summed E-state index contributed by atoms with van der Waals surface area (Å²) in [5, 5.41) is 4.43. The molecule has 132 valence electrons. The molecule has 5 nitrogen and oxygen atoms in total. The Morgan fingerprint density at radius 1 is 1.12 bits per heavy atom. The summed E-state index contributed by atoms with van der Waals surface area (Å²) in [4.78, 5) is 4.90. The zero-order valence-corrected chi connectivity index (χ0v) is 15.7. The van der Waals surface area contributed by atoms with Crippen molar-refractivity contribution in [3.8, 4) is 11.3 Å². The van der Waals surface area contributed by atoms with Gasteiger partial charge in [0.05, 0.1) is 12.7 Å². The van der Waals surface area contributed by atoms with Gasteiger partial charge in [-0.05, 0) is 19.4 Å². The maximum absolute atomic E-state index is 6.53. The third-order valence-electron chi connectivity index (χ3n) is 4.27. The molecular formula is C20H27N5. The largest absolute Gasteiger partial charge is 0.383 e. The van der Waals surface area contributed by atoms with Gasteiger partial charge in [0.15, 0.2) is 0 Å². The first-order valence-corrected chi connectivity index (χ1v) is 8.72. The van der Waals surface area contributed by atoms with Crippen molar-refractivity contribution in [2.75, 3.05) is 5.73 Å². The fourth-order valence-corrected chi connectivity index (χ4v) is 2.92. The standard InChI is InChI=1S/C20H27N5/c1-14(2)25-13-16(11-22-25)17-18(21)24(19(23-17)20(3,4)5)12-15-9-7-6-8-10-15/h6-11,13-14H,12,21H2,1-5H3. The normalized spacial score (nSPS) is 12.1. The molecule has 0 aliphatic rings. The maximum atomic E-state index is 6.53. The number of hydrogen-bond acceptors (Lipinski definition) is 3. The molecule has 0 saturated carbocycles. The van der Waals surface area contributed by atoms with Crippen LogP contribution < -0.4 is 5.73 Å². The van der Waals surface area contributed by atoms with Gasteiger partial charge in [-0.15, -0.1) is 0 Å². The Labute approximate surface area is 149 Å². The lowest BCUT2D eigenvalue weighted by Crippen LogP contribution is -2.20. The Bertz CT molecular complexity index is 850. The van der Waals surface area contributed by atoms with E-state index in [1.165, 1.54) is 5.56 Å². The number of nitrogens with zero attached hydrogens (tertiary/aromatic N) is 4. The van der Waals surface area contributed by atoms with E-state index in [9.17, 15) is 0 Å². The zero-order valence-electron chi connectivity index (χ0n) is 15.7. The highest BCUT2D eigenvalue weighted by atomic mass is 15.3. The van der Waals surface area contributed by atoms with Crippen molar-refractivity contribution in [2.45, 2.75) is 52.6 Å². The van der Waals surface area contributed by atoms with E-state index in [0.717, 1.165) is 17.1 Å². The van der Waals surface area contributed by atoms with Crippen LogP contribution in [0.1, 0.15) is 52.0 Å². The molecule has 2 aromatic heterocycles. The van der Waals surface area contributed by atoms with Crippen LogP contribution in [-0.2, 0) is 12.0 Å². The van der Waals surface area contributed by atoms with Gasteiger partial charge in [-0.25, -0.2) is 4.98 Å². The topological polar surface area (TPSA) is 61.7 Å². The molecule has 2 heterocycles. The molecule has 3 rings (SSSR count). The number of imidazole rings is 1. The summed E-state index contributed by atoms with van der Waals surface area (Å²) < 4.78 is 4.05. The van der Waals surface area contributed by atoms with E-state index in [2.05, 4.69) is 56.4 Å². The lowest BCUT2D eigenvalue weighted by molar-refractivity contribution is 0.513. The Kier molecular flexibility index (Phi) is 4.41. The predicted octanol–water partition coefficient (Wildman–Crippen LogP) is 4.26. The Morgan fingerprint density at radius 3 is 2.36 bits per heavy atom. The van der Waals surface area contributed by atoms with Gasteiger partial charge >= 0.3 is 0 Å². The van der Waals surface area contributed by atoms with E-state index in [1.54, 1.807) is 0 Å². The first-order valence-electron chi connectivity index (χ1n) is 8.72. The van der Waals surface area contributed by atoms with Gasteiger partial charge in [-0.2, -0.15) is 5.10 Å². The fraction of sp³-hybridized carbons (Fsp3) is 0.400. The number of nitrogen functional groups attached to an aromatic ring is 1. The quantitative estimate of drug-likeness (QED) is 0.774. The first-order chi connectivity index (χ1) is 11.8. The van der Waals surface area contributed by atoms with Crippen LogP contribution in [0.5, 0.6) is 0 Å². The third kappa shape index (κ3) is 3.45. The van der Waals surface area contributed by atoms with Gasteiger partial charge in [0.1, 0.15) is 17.3 Å². The van der Waals surface area contributed by atoms with Crippen LogP contribution in [0.15, 0.2) is 42.7 Å². The smallest absolute Gasteiger partial charge is 0.132 e. The second kappa shape index (κ2) is 6.39. The van der Waals surface area contributed by atoms with Crippen molar-refractivity contribution < 1.29 is 0 Å². The summed E-state index contributed by atoms with van der Waals surface area (Å²) >= 11 is 0. The van der Waals surface area contributed by atoms with Crippen LogP contribution in [0.4, 0.5) is 5.82 Å². The van der Waals surface area contributed by atoms with Crippen molar-refractivity contribution in [1.29, 1.82) is 0 Å². The van der Waals surface area contributed by atoms with Crippen molar-refractivity contribution in [3.63, 3.8) is 0 Å². The number of anilines is 1. The van der Waals surface area contributed by atoms with Gasteiger partial charge in [-0.3, -0.25) is 4.68 Å².